The zero-order valence-corrected chi connectivity index (χ0v) is 11.4. The first kappa shape index (κ1) is 14.7. The molecule has 0 aliphatic rings. The zero-order chi connectivity index (χ0) is 14.9. The number of hydrogen-bond acceptors (Lipinski definition) is 4. The second kappa shape index (κ2) is 7.79. The lowest BCUT2D eigenvalue weighted by atomic mass is 10.1. The van der Waals surface area contributed by atoms with Crippen molar-refractivity contribution in [3.63, 3.8) is 0 Å². The molecular formula is C16H16N2O3. The zero-order valence-electron chi connectivity index (χ0n) is 11.4. The fourth-order valence-corrected chi connectivity index (χ4v) is 1.82. The number of rotatable bonds is 6. The van der Waals surface area contributed by atoms with Crippen molar-refractivity contribution in [2.45, 2.75) is 19.1 Å². The second-order valence-corrected chi connectivity index (χ2v) is 4.51. The molecule has 1 atom stereocenters. The fraction of sp³-hybridized carbons (Fsp3) is 0.188. The standard InChI is InChI=1S/C16H16N2O3/c19-11-15(9-14-7-4-8-17-10-14)18-16(20)21-12-13-5-2-1-3-6-13/h1-8,10-11,15H,9,12H2,(H,18,20). The Kier molecular flexibility index (Phi) is 5.46. The molecule has 5 nitrogen and oxygen atoms in total. The summed E-state index contributed by atoms with van der Waals surface area (Å²) in [7, 11) is 0. The summed E-state index contributed by atoms with van der Waals surface area (Å²) in [6.45, 7) is 0.172. The van der Waals surface area contributed by atoms with E-state index in [0.29, 0.717) is 12.7 Å². The Hall–Kier alpha value is -2.69. The Morgan fingerprint density at radius 3 is 2.62 bits per heavy atom. The van der Waals surface area contributed by atoms with Crippen LogP contribution in [0.25, 0.3) is 0 Å². The topological polar surface area (TPSA) is 68.3 Å². The van der Waals surface area contributed by atoms with Crippen LogP contribution in [0.2, 0.25) is 0 Å². The van der Waals surface area contributed by atoms with Crippen LogP contribution in [0.4, 0.5) is 4.79 Å². The van der Waals surface area contributed by atoms with E-state index < -0.39 is 12.1 Å². The number of alkyl carbamates (subject to hydrolysis) is 1. The number of carbonyl (C=O) groups is 2. The van der Waals surface area contributed by atoms with Gasteiger partial charge in [-0.1, -0.05) is 36.4 Å². The molecule has 1 N–H and O–H groups in total. The van der Waals surface area contributed by atoms with Gasteiger partial charge in [0.25, 0.3) is 0 Å². The second-order valence-electron chi connectivity index (χ2n) is 4.51. The van der Waals surface area contributed by atoms with E-state index in [4.69, 9.17) is 4.74 Å². The third-order valence-electron chi connectivity index (χ3n) is 2.86. The van der Waals surface area contributed by atoms with Gasteiger partial charge in [0, 0.05) is 18.8 Å². The minimum atomic E-state index is -0.627. The summed E-state index contributed by atoms with van der Waals surface area (Å²) in [5.41, 5.74) is 1.76. The minimum Gasteiger partial charge on any atom is -0.445 e. The lowest BCUT2D eigenvalue weighted by Gasteiger charge is -2.13. The molecule has 0 bridgehead atoms. The van der Waals surface area contributed by atoms with Crippen molar-refractivity contribution in [1.29, 1.82) is 0 Å². The Morgan fingerprint density at radius 1 is 1.19 bits per heavy atom. The number of ether oxygens (including phenoxy) is 1. The van der Waals surface area contributed by atoms with Gasteiger partial charge in [0.05, 0.1) is 6.04 Å². The lowest BCUT2D eigenvalue weighted by molar-refractivity contribution is -0.109. The summed E-state index contributed by atoms with van der Waals surface area (Å²) in [5.74, 6) is 0. The smallest absolute Gasteiger partial charge is 0.408 e. The molecule has 0 saturated carbocycles. The molecule has 21 heavy (non-hydrogen) atoms. The molecule has 0 fully saturated rings. The van der Waals surface area contributed by atoms with Gasteiger partial charge in [0.15, 0.2) is 0 Å². The van der Waals surface area contributed by atoms with Gasteiger partial charge in [-0.2, -0.15) is 0 Å². The predicted octanol–water partition coefficient (Wildman–Crippen LogP) is 2.12. The van der Waals surface area contributed by atoms with Crippen molar-refractivity contribution >= 4 is 12.4 Å². The monoisotopic (exact) mass is 284 g/mol. The fourth-order valence-electron chi connectivity index (χ4n) is 1.82. The first-order chi connectivity index (χ1) is 10.3. The number of carbonyl (C=O) groups excluding carboxylic acids is 2. The Balaban J connectivity index is 1.81. The van der Waals surface area contributed by atoms with Crippen LogP contribution in [-0.2, 0) is 22.6 Å². The predicted molar refractivity (Wildman–Crippen MR) is 77.6 cm³/mol. The van der Waals surface area contributed by atoms with Gasteiger partial charge in [-0.3, -0.25) is 4.98 Å². The van der Waals surface area contributed by atoms with Crippen LogP contribution >= 0.6 is 0 Å². The van der Waals surface area contributed by atoms with Gasteiger partial charge in [-0.25, -0.2) is 4.79 Å². The lowest BCUT2D eigenvalue weighted by Crippen LogP contribution is -2.37. The molecule has 1 aromatic heterocycles. The highest BCUT2D eigenvalue weighted by molar-refractivity contribution is 5.73. The van der Waals surface area contributed by atoms with E-state index in [1.165, 1.54) is 0 Å². The Morgan fingerprint density at radius 2 is 1.95 bits per heavy atom. The highest BCUT2D eigenvalue weighted by Gasteiger charge is 2.13. The quantitative estimate of drug-likeness (QED) is 0.825. The van der Waals surface area contributed by atoms with E-state index in [2.05, 4.69) is 10.3 Å². The van der Waals surface area contributed by atoms with Crippen molar-refractivity contribution in [1.82, 2.24) is 10.3 Å². The molecule has 0 radical (unpaired) electrons. The number of nitrogens with zero attached hydrogens (tertiary/aromatic N) is 1. The van der Waals surface area contributed by atoms with Gasteiger partial charge in [0.2, 0.25) is 0 Å². The molecule has 0 saturated heterocycles. The first-order valence-corrected chi connectivity index (χ1v) is 6.59. The third kappa shape index (κ3) is 5.06. The van der Waals surface area contributed by atoms with Gasteiger partial charge < -0.3 is 14.8 Å². The number of nitrogens with one attached hydrogen (secondary N) is 1. The Bertz CT molecular complexity index is 573. The molecule has 1 heterocycles. The van der Waals surface area contributed by atoms with E-state index in [1.54, 1.807) is 18.5 Å². The average Bonchev–Trinajstić information content (AvgIpc) is 2.54. The number of hydrogen-bond donors (Lipinski definition) is 1. The number of aromatic nitrogens is 1. The molecule has 2 aromatic rings. The van der Waals surface area contributed by atoms with Crippen molar-refractivity contribution in [3.8, 4) is 0 Å². The molecule has 108 valence electrons. The third-order valence-corrected chi connectivity index (χ3v) is 2.86. The molecule has 5 heteroatoms. The summed E-state index contributed by atoms with van der Waals surface area (Å²) in [5, 5.41) is 2.53. The van der Waals surface area contributed by atoms with Crippen LogP contribution < -0.4 is 5.32 Å². The normalized spacial score (nSPS) is 11.4. The van der Waals surface area contributed by atoms with Gasteiger partial charge in [-0.15, -0.1) is 0 Å². The summed E-state index contributed by atoms with van der Waals surface area (Å²) < 4.78 is 5.07. The maximum absolute atomic E-state index is 11.7. The van der Waals surface area contributed by atoms with Gasteiger partial charge >= 0.3 is 6.09 Å². The number of amides is 1. The van der Waals surface area contributed by atoms with E-state index in [0.717, 1.165) is 11.1 Å². The van der Waals surface area contributed by atoms with E-state index >= 15 is 0 Å². The minimum absolute atomic E-state index is 0.172. The maximum Gasteiger partial charge on any atom is 0.408 e. The molecule has 1 amide bonds. The molecule has 0 aliphatic heterocycles. The van der Waals surface area contributed by atoms with Crippen molar-refractivity contribution in [2.24, 2.45) is 0 Å². The summed E-state index contributed by atoms with van der Waals surface area (Å²) in [6, 6.07) is 12.4. The van der Waals surface area contributed by atoms with Crippen molar-refractivity contribution < 1.29 is 14.3 Å². The summed E-state index contributed by atoms with van der Waals surface area (Å²) >= 11 is 0. The SMILES string of the molecule is O=CC(Cc1cccnc1)NC(=O)OCc1ccccc1. The first-order valence-electron chi connectivity index (χ1n) is 6.59. The molecule has 0 aliphatic carbocycles. The van der Waals surface area contributed by atoms with Crippen LogP contribution in [0.3, 0.4) is 0 Å². The van der Waals surface area contributed by atoms with Crippen LogP contribution in [-0.4, -0.2) is 23.4 Å². The summed E-state index contributed by atoms with van der Waals surface area (Å²) in [6.07, 6.45) is 3.78. The number of aldehydes is 1. The highest BCUT2D eigenvalue weighted by Crippen LogP contribution is 2.02. The van der Waals surface area contributed by atoms with Crippen LogP contribution in [0.1, 0.15) is 11.1 Å². The molecule has 0 spiro atoms. The Labute approximate surface area is 123 Å². The van der Waals surface area contributed by atoms with E-state index in [9.17, 15) is 9.59 Å². The van der Waals surface area contributed by atoms with Crippen LogP contribution in [0.15, 0.2) is 54.9 Å². The van der Waals surface area contributed by atoms with Gasteiger partial charge in [-0.05, 0) is 17.2 Å². The maximum atomic E-state index is 11.7. The van der Waals surface area contributed by atoms with E-state index in [-0.39, 0.29) is 6.61 Å². The largest absolute Gasteiger partial charge is 0.445 e. The molecule has 2 rings (SSSR count). The van der Waals surface area contributed by atoms with Crippen molar-refractivity contribution in [3.05, 3.63) is 66.0 Å². The molecule has 1 unspecified atom stereocenters. The van der Waals surface area contributed by atoms with E-state index in [1.807, 2.05) is 36.4 Å². The molecular weight excluding hydrogens is 268 g/mol. The summed E-state index contributed by atoms with van der Waals surface area (Å²) in [4.78, 5) is 26.7. The average molecular weight is 284 g/mol. The number of benzene rings is 1. The highest BCUT2D eigenvalue weighted by atomic mass is 16.5. The molecule has 1 aromatic carbocycles. The van der Waals surface area contributed by atoms with Crippen molar-refractivity contribution in [2.75, 3.05) is 0 Å². The van der Waals surface area contributed by atoms with Crippen LogP contribution in [0, 0.1) is 0 Å². The van der Waals surface area contributed by atoms with Crippen LogP contribution in [0.5, 0.6) is 0 Å². The number of pyridine rings is 1. The van der Waals surface area contributed by atoms with Gasteiger partial charge in [0.1, 0.15) is 12.9 Å².